The molecule has 1 heterocycles. The van der Waals surface area contributed by atoms with E-state index in [1.807, 2.05) is 0 Å². The molecule has 1 aromatic heterocycles. The lowest BCUT2D eigenvalue weighted by atomic mass is 10.2. The van der Waals surface area contributed by atoms with Crippen molar-refractivity contribution in [2.75, 3.05) is 5.32 Å². The number of thiazole rings is 1. The normalized spacial score (nSPS) is 10.4. The van der Waals surface area contributed by atoms with Gasteiger partial charge in [0.2, 0.25) is 0 Å². The second kappa shape index (κ2) is 5.54. The first-order valence-electron chi connectivity index (χ1n) is 4.91. The van der Waals surface area contributed by atoms with Gasteiger partial charge in [-0.1, -0.05) is 0 Å². The average molecular weight is 270 g/mol. The van der Waals surface area contributed by atoms with Crippen LogP contribution in [-0.2, 0) is 0 Å². The molecule has 2 rings (SSSR count). The van der Waals surface area contributed by atoms with Crippen LogP contribution in [0, 0.1) is 0 Å². The lowest BCUT2D eigenvalue weighted by molar-refractivity contribution is -0.0498. The molecule has 0 unspecified atom stereocenters. The van der Waals surface area contributed by atoms with Crippen molar-refractivity contribution in [3.63, 3.8) is 0 Å². The number of rotatable bonds is 4. The maximum atomic E-state index is 11.9. The maximum absolute atomic E-state index is 11.9. The third-order valence-electron chi connectivity index (χ3n) is 1.99. The number of carbonyl (C=O) groups is 1. The monoisotopic (exact) mass is 270 g/mol. The molecule has 0 spiro atoms. The lowest BCUT2D eigenvalue weighted by Crippen LogP contribution is -2.11. The van der Waals surface area contributed by atoms with Crippen molar-refractivity contribution in [1.82, 2.24) is 4.98 Å². The van der Waals surface area contributed by atoms with Crippen molar-refractivity contribution in [2.45, 2.75) is 6.61 Å². The van der Waals surface area contributed by atoms with Crippen molar-refractivity contribution in [3.8, 4) is 5.75 Å². The molecular weight excluding hydrogens is 262 g/mol. The van der Waals surface area contributed by atoms with Crippen LogP contribution < -0.4 is 10.1 Å². The number of benzene rings is 1. The van der Waals surface area contributed by atoms with E-state index in [9.17, 15) is 13.6 Å². The van der Waals surface area contributed by atoms with Crippen LogP contribution in [0.5, 0.6) is 5.75 Å². The number of hydrogen-bond acceptors (Lipinski definition) is 4. The molecule has 18 heavy (non-hydrogen) atoms. The molecule has 94 valence electrons. The van der Waals surface area contributed by atoms with Gasteiger partial charge in [0.25, 0.3) is 5.91 Å². The van der Waals surface area contributed by atoms with Gasteiger partial charge in [-0.3, -0.25) is 10.1 Å². The molecule has 0 fully saturated rings. The van der Waals surface area contributed by atoms with Crippen molar-refractivity contribution in [3.05, 3.63) is 41.4 Å². The van der Waals surface area contributed by atoms with Crippen molar-refractivity contribution < 1.29 is 18.3 Å². The summed E-state index contributed by atoms with van der Waals surface area (Å²) in [6.07, 6.45) is 1.57. The Balaban J connectivity index is 2.03. The van der Waals surface area contributed by atoms with Crippen LogP contribution in [0.2, 0.25) is 0 Å². The van der Waals surface area contributed by atoms with E-state index in [2.05, 4.69) is 15.0 Å². The zero-order valence-electron chi connectivity index (χ0n) is 8.97. The summed E-state index contributed by atoms with van der Waals surface area (Å²) in [7, 11) is 0. The summed E-state index contributed by atoms with van der Waals surface area (Å²) < 4.78 is 28.0. The SMILES string of the molecule is O=C(Nc1nccs1)c1ccc(OC(F)F)cc1. The lowest BCUT2D eigenvalue weighted by Gasteiger charge is -2.05. The highest BCUT2D eigenvalue weighted by molar-refractivity contribution is 7.13. The summed E-state index contributed by atoms with van der Waals surface area (Å²) >= 11 is 1.29. The van der Waals surface area contributed by atoms with Gasteiger partial charge < -0.3 is 4.74 Å². The van der Waals surface area contributed by atoms with E-state index in [0.29, 0.717) is 10.7 Å². The fourth-order valence-electron chi connectivity index (χ4n) is 1.24. The van der Waals surface area contributed by atoms with E-state index in [1.54, 1.807) is 11.6 Å². The number of carbonyl (C=O) groups excluding carboxylic acids is 1. The Bertz CT molecular complexity index is 514. The second-order valence-corrected chi connectivity index (χ2v) is 4.09. The van der Waals surface area contributed by atoms with Gasteiger partial charge in [-0.15, -0.1) is 11.3 Å². The average Bonchev–Trinajstić information content (AvgIpc) is 2.82. The predicted octanol–water partition coefficient (Wildman–Crippen LogP) is 3.00. The smallest absolute Gasteiger partial charge is 0.387 e. The summed E-state index contributed by atoms with van der Waals surface area (Å²) in [4.78, 5) is 15.6. The Kier molecular flexibility index (Phi) is 3.83. The Morgan fingerprint density at radius 1 is 1.33 bits per heavy atom. The minimum Gasteiger partial charge on any atom is -0.435 e. The van der Waals surface area contributed by atoms with Crippen LogP contribution in [0.1, 0.15) is 10.4 Å². The van der Waals surface area contributed by atoms with Crippen molar-refractivity contribution in [1.29, 1.82) is 0 Å². The summed E-state index contributed by atoms with van der Waals surface area (Å²) in [5.74, 6) is -0.343. The molecule has 4 nitrogen and oxygen atoms in total. The molecule has 1 N–H and O–H groups in total. The summed E-state index contributed by atoms with van der Waals surface area (Å²) in [6.45, 7) is -2.88. The number of amides is 1. The number of halogens is 2. The van der Waals surface area contributed by atoms with Crippen LogP contribution >= 0.6 is 11.3 Å². The molecule has 0 saturated carbocycles. The van der Waals surface area contributed by atoms with Gasteiger partial charge in [0.05, 0.1) is 0 Å². The molecule has 1 aromatic carbocycles. The Labute approximate surface area is 105 Å². The van der Waals surface area contributed by atoms with Gasteiger partial charge in [-0.2, -0.15) is 8.78 Å². The zero-order valence-corrected chi connectivity index (χ0v) is 9.79. The first kappa shape index (κ1) is 12.4. The molecule has 0 saturated heterocycles. The van der Waals surface area contributed by atoms with Gasteiger partial charge in [0.1, 0.15) is 5.75 Å². The van der Waals surface area contributed by atoms with Gasteiger partial charge in [-0.25, -0.2) is 4.98 Å². The highest BCUT2D eigenvalue weighted by Crippen LogP contribution is 2.16. The van der Waals surface area contributed by atoms with Crippen LogP contribution in [-0.4, -0.2) is 17.5 Å². The first-order chi connectivity index (χ1) is 8.65. The van der Waals surface area contributed by atoms with Crippen LogP contribution in [0.3, 0.4) is 0 Å². The van der Waals surface area contributed by atoms with Gasteiger partial charge in [0.15, 0.2) is 5.13 Å². The molecule has 0 aliphatic carbocycles. The molecule has 7 heteroatoms. The molecule has 1 amide bonds. The Morgan fingerprint density at radius 2 is 2.06 bits per heavy atom. The predicted molar refractivity (Wildman–Crippen MR) is 63.1 cm³/mol. The van der Waals surface area contributed by atoms with E-state index in [-0.39, 0.29) is 11.7 Å². The molecular formula is C11H8F2N2O2S. The summed E-state index contributed by atoms with van der Waals surface area (Å²) in [5, 5.41) is 4.79. The highest BCUT2D eigenvalue weighted by atomic mass is 32.1. The van der Waals surface area contributed by atoms with Gasteiger partial charge >= 0.3 is 6.61 Å². The molecule has 0 radical (unpaired) electrons. The third-order valence-corrected chi connectivity index (χ3v) is 2.68. The fourth-order valence-corrected chi connectivity index (χ4v) is 1.77. The number of anilines is 1. The third kappa shape index (κ3) is 3.24. The standard InChI is InChI=1S/C11H8F2N2O2S/c12-10(13)17-8-3-1-7(2-4-8)9(16)15-11-14-5-6-18-11/h1-6,10H,(H,14,15,16). The fraction of sp³-hybridized carbons (Fsp3) is 0.0909. The number of ether oxygens (including phenoxy) is 1. The minimum absolute atomic E-state index is 0.01000. The van der Waals surface area contributed by atoms with Crippen LogP contribution in [0.4, 0.5) is 13.9 Å². The summed E-state index contributed by atoms with van der Waals surface area (Å²) in [6, 6.07) is 5.42. The molecule has 0 atom stereocenters. The quantitative estimate of drug-likeness (QED) is 0.929. The van der Waals surface area contributed by atoms with E-state index >= 15 is 0 Å². The van der Waals surface area contributed by atoms with Crippen molar-refractivity contribution >= 4 is 22.4 Å². The van der Waals surface area contributed by atoms with Gasteiger partial charge in [0, 0.05) is 17.1 Å². The number of alkyl halides is 2. The number of nitrogens with zero attached hydrogens (tertiary/aromatic N) is 1. The molecule has 0 bridgehead atoms. The molecule has 0 aliphatic rings. The largest absolute Gasteiger partial charge is 0.435 e. The van der Waals surface area contributed by atoms with E-state index in [0.717, 1.165) is 0 Å². The Hall–Kier alpha value is -2.02. The number of hydrogen-bond donors (Lipinski definition) is 1. The van der Waals surface area contributed by atoms with Crippen LogP contribution in [0.15, 0.2) is 35.8 Å². The van der Waals surface area contributed by atoms with E-state index in [1.165, 1.54) is 35.6 Å². The zero-order chi connectivity index (χ0) is 13.0. The second-order valence-electron chi connectivity index (χ2n) is 3.19. The van der Waals surface area contributed by atoms with E-state index < -0.39 is 6.61 Å². The maximum Gasteiger partial charge on any atom is 0.387 e. The van der Waals surface area contributed by atoms with Crippen LogP contribution in [0.25, 0.3) is 0 Å². The number of nitrogens with one attached hydrogen (secondary N) is 1. The van der Waals surface area contributed by atoms with E-state index in [4.69, 9.17) is 0 Å². The van der Waals surface area contributed by atoms with Gasteiger partial charge in [-0.05, 0) is 24.3 Å². The number of aromatic nitrogens is 1. The highest BCUT2D eigenvalue weighted by Gasteiger charge is 2.09. The topological polar surface area (TPSA) is 51.2 Å². The van der Waals surface area contributed by atoms with Crippen molar-refractivity contribution in [2.24, 2.45) is 0 Å². The minimum atomic E-state index is -2.88. The first-order valence-corrected chi connectivity index (χ1v) is 5.79. The molecule has 2 aromatic rings. The summed E-state index contributed by atoms with van der Waals surface area (Å²) in [5.41, 5.74) is 0.340. The molecule has 0 aliphatic heterocycles. The Morgan fingerprint density at radius 3 is 2.61 bits per heavy atom.